The van der Waals surface area contributed by atoms with Crippen LogP contribution in [0.25, 0.3) is 0 Å². The summed E-state index contributed by atoms with van der Waals surface area (Å²) in [5.41, 5.74) is 14.6. The summed E-state index contributed by atoms with van der Waals surface area (Å²) in [6.45, 7) is 3.83. The topological polar surface area (TPSA) is 142 Å². The molecule has 0 radical (unpaired) electrons. The van der Waals surface area contributed by atoms with Crippen LogP contribution in [0.5, 0.6) is 5.75 Å². The van der Waals surface area contributed by atoms with Gasteiger partial charge in [0.25, 0.3) is 5.91 Å². The van der Waals surface area contributed by atoms with E-state index in [1.807, 2.05) is 36.4 Å². The monoisotopic (exact) mass is 630 g/mol. The molecule has 3 aromatic rings. The van der Waals surface area contributed by atoms with E-state index in [1.54, 1.807) is 7.11 Å². The first-order chi connectivity index (χ1) is 20.2. The van der Waals surface area contributed by atoms with Gasteiger partial charge in [0.2, 0.25) is 0 Å². The van der Waals surface area contributed by atoms with E-state index in [-0.39, 0.29) is 46.9 Å². The van der Waals surface area contributed by atoms with Crippen LogP contribution in [0.4, 0.5) is 11.6 Å². The molecule has 0 aliphatic carbocycles. The van der Waals surface area contributed by atoms with Gasteiger partial charge < -0.3 is 43.1 Å². The molecule has 1 fully saturated rings. The number of anilines is 2. The number of esters is 1. The summed E-state index contributed by atoms with van der Waals surface area (Å²) in [4.78, 5) is 32.9. The van der Waals surface area contributed by atoms with E-state index >= 15 is 0 Å². The van der Waals surface area contributed by atoms with Gasteiger partial charge in [-0.25, -0.2) is 14.8 Å². The van der Waals surface area contributed by atoms with Crippen molar-refractivity contribution in [1.82, 2.24) is 15.3 Å². The first-order valence-electron chi connectivity index (χ1n) is 14.3. The molecule has 2 heterocycles. The molecule has 0 spiro atoms. The van der Waals surface area contributed by atoms with Crippen molar-refractivity contribution in [2.24, 2.45) is 0 Å². The highest BCUT2D eigenvalue weighted by molar-refractivity contribution is 6.31. The molecule has 0 saturated carbocycles. The fourth-order valence-electron chi connectivity index (χ4n) is 5.78. The average molecular weight is 632 g/mol. The summed E-state index contributed by atoms with van der Waals surface area (Å²) in [5, 5.41) is 3.09. The number of methoxy groups -OCH3 is 2. The van der Waals surface area contributed by atoms with Crippen molar-refractivity contribution in [3.8, 4) is 5.75 Å². The summed E-state index contributed by atoms with van der Waals surface area (Å²) >= 11 is 6.01. The number of carbonyl (C=O) groups excluding carboxylic acids is 2. The van der Waals surface area contributed by atoms with E-state index in [1.165, 1.54) is 18.2 Å². The molecule has 2 unspecified atom stereocenters. The number of nitrogens with zero attached hydrogens (tertiary/aromatic N) is 3. The molecule has 1 aliphatic heterocycles. The van der Waals surface area contributed by atoms with Gasteiger partial charge in [-0.05, 0) is 61.1 Å². The van der Waals surface area contributed by atoms with Crippen LogP contribution in [-0.4, -0.2) is 72.8 Å². The Bertz CT molecular complexity index is 1370. The van der Waals surface area contributed by atoms with Crippen molar-refractivity contribution in [2.45, 2.75) is 44.6 Å². The predicted molar refractivity (Wildman–Crippen MR) is 164 cm³/mol. The van der Waals surface area contributed by atoms with Crippen LogP contribution in [0.2, 0.25) is 5.15 Å². The Balaban J connectivity index is 0.00000506. The number of amides is 1. The molecule has 4 rings (SSSR count). The third-order valence-electron chi connectivity index (χ3n) is 7.98. The number of carbonyl (C=O) groups is 2. The number of nitrogen functional groups attached to an aromatic ring is 2. The van der Waals surface area contributed by atoms with Gasteiger partial charge in [0, 0.05) is 12.8 Å². The molecule has 2 atom stereocenters. The van der Waals surface area contributed by atoms with Gasteiger partial charge in [-0.2, -0.15) is 0 Å². The van der Waals surface area contributed by atoms with Crippen LogP contribution in [-0.2, 0) is 17.6 Å². The second-order valence-corrected chi connectivity index (χ2v) is 11.2. The van der Waals surface area contributed by atoms with Crippen molar-refractivity contribution >= 4 is 35.1 Å². The fourth-order valence-corrected chi connectivity index (χ4v) is 5.90. The Morgan fingerprint density at radius 3 is 2.14 bits per heavy atom. The largest absolute Gasteiger partial charge is 1.00 e. The number of aryl methyl sites for hydroxylation is 2. The van der Waals surface area contributed by atoms with Gasteiger partial charge in [0.15, 0.2) is 22.5 Å². The van der Waals surface area contributed by atoms with Crippen LogP contribution in [0.15, 0.2) is 48.5 Å². The first kappa shape index (κ1) is 33.9. The minimum absolute atomic E-state index is 0. The number of rotatable bonds is 12. The van der Waals surface area contributed by atoms with Crippen molar-refractivity contribution < 1.29 is 36.0 Å². The number of benzene rings is 2. The van der Waals surface area contributed by atoms with Crippen molar-refractivity contribution in [3.05, 3.63) is 76.1 Å². The predicted octanol–water partition coefficient (Wildman–Crippen LogP) is 1.07. The molecule has 5 N–H and O–H groups in total. The van der Waals surface area contributed by atoms with Crippen LogP contribution in [0.3, 0.4) is 0 Å². The highest BCUT2D eigenvalue weighted by Crippen LogP contribution is 2.24. The zero-order valence-electron chi connectivity index (χ0n) is 24.7. The summed E-state index contributed by atoms with van der Waals surface area (Å²) in [5.74, 6) is 0.0814. The summed E-state index contributed by atoms with van der Waals surface area (Å²) < 4.78 is 11.0. The van der Waals surface area contributed by atoms with Gasteiger partial charge in [0.05, 0.1) is 52.0 Å². The third kappa shape index (κ3) is 9.19. The molecule has 10 nitrogen and oxygen atoms in total. The Morgan fingerprint density at radius 1 is 0.953 bits per heavy atom. The standard InChI is InChI=1S/C31H39ClN6O4.ClH/c1-41-25-15-11-22(12-16-25)7-4-18-38(17-3-6-21-9-13-23(14-10-21)31(40)42-2)19-5-8-24(20-38)35-30(39)26-28(33)37-29(34)27(32)36-26;/h9-16,24H,3-8,17-20H2,1-2H3,(H4-,33,34,35,37,39);1H. The molecule has 12 heteroatoms. The van der Waals surface area contributed by atoms with Gasteiger partial charge >= 0.3 is 5.97 Å². The smallest absolute Gasteiger partial charge is 0.337 e. The second-order valence-electron chi connectivity index (χ2n) is 10.9. The Labute approximate surface area is 264 Å². The molecule has 43 heavy (non-hydrogen) atoms. The minimum Gasteiger partial charge on any atom is -1.00 e. The van der Waals surface area contributed by atoms with E-state index in [0.717, 1.165) is 74.9 Å². The molecule has 1 amide bonds. The fraction of sp³-hybridized carbons (Fsp3) is 0.419. The van der Waals surface area contributed by atoms with E-state index < -0.39 is 5.91 Å². The van der Waals surface area contributed by atoms with Crippen LogP contribution < -0.4 is 33.9 Å². The first-order valence-corrected chi connectivity index (χ1v) is 14.6. The molecule has 1 aliphatic rings. The van der Waals surface area contributed by atoms with E-state index in [0.29, 0.717) is 5.56 Å². The molecule has 1 aromatic heterocycles. The van der Waals surface area contributed by atoms with Crippen LogP contribution >= 0.6 is 11.6 Å². The number of halogens is 2. The molecule has 2 aromatic carbocycles. The minimum atomic E-state index is -0.393. The zero-order chi connectivity index (χ0) is 30.1. The van der Waals surface area contributed by atoms with E-state index in [2.05, 4.69) is 27.4 Å². The number of quaternary nitrogens is 1. The van der Waals surface area contributed by atoms with Crippen molar-refractivity contribution in [2.75, 3.05) is 51.9 Å². The van der Waals surface area contributed by atoms with Gasteiger partial charge in [0.1, 0.15) is 5.75 Å². The number of piperidine rings is 1. The lowest BCUT2D eigenvalue weighted by Crippen LogP contribution is -3.00. The van der Waals surface area contributed by atoms with E-state index in [9.17, 15) is 9.59 Å². The SMILES string of the molecule is COC(=O)c1ccc(CCC[N+]2(CCCc3ccc(OC)cc3)CCCC(NC(=O)c3nc(Cl)c(N)nc3N)C2)cc1.[Cl-]. The maximum absolute atomic E-state index is 13.1. The number of hydrogen-bond donors (Lipinski definition) is 3. The summed E-state index contributed by atoms with van der Waals surface area (Å²) in [7, 11) is 3.06. The maximum Gasteiger partial charge on any atom is 0.337 e. The highest BCUT2D eigenvalue weighted by atomic mass is 35.5. The quantitative estimate of drug-likeness (QED) is 0.199. The van der Waals surface area contributed by atoms with Gasteiger partial charge in [-0.1, -0.05) is 35.9 Å². The van der Waals surface area contributed by atoms with Gasteiger partial charge in [-0.15, -0.1) is 0 Å². The lowest BCUT2D eigenvalue weighted by atomic mass is 9.99. The normalized spacial score (nSPS) is 17.9. The highest BCUT2D eigenvalue weighted by Gasteiger charge is 2.35. The Morgan fingerprint density at radius 2 is 1.56 bits per heavy atom. The number of nitrogens with one attached hydrogen (secondary N) is 1. The van der Waals surface area contributed by atoms with Crippen molar-refractivity contribution in [1.29, 1.82) is 0 Å². The zero-order valence-corrected chi connectivity index (χ0v) is 26.2. The number of aromatic nitrogens is 2. The molecule has 0 bridgehead atoms. The molecule has 232 valence electrons. The molecular weight excluding hydrogens is 591 g/mol. The molecule has 1 saturated heterocycles. The average Bonchev–Trinajstić information content (AvgIpc) is 2.99. The van der Waals surface area contributed by atoms with Crippen LogP contribution in [0, 0.1) is 0 Å². The second kappa shape index (κ2) is 15.7. The summed E-state index contributed by atoms with van der Waals surface area (Å²) in [6, 6.07) is 15.8. The number of likely N-dealkylation sites (tertiary alicyclic amines) is 1. The van der Waals surface area contributed by atoms with Gasteiger partial charge in [-0.3, -0.25) is 4.79 Å². The van der Waals surface area contributed by atoms with E-state index in [4.69, 9.17) is 32.5 Å². The van der Waals surface area contributed by atoms with Crippen molar-refractivity contribution in [3.63, 3.8) is 0 Å². The maximum atomic E-state index is 13.1. The summed E-state index contributed by atoms with van der Waals surface area (Å²) in [6.07, 6.45) is 5.72. The third-order valence-corrected chi connectivity index (χ3v) is 8.26. The Kier molecular flexibility index (Phi) is 12.4. The molecular formula is C31H40Cl2N6O4. The lowest BCUT2D eigenvalue weighted by Gasteiger charge is -2.45. The number of hydrogen-bond acceptors (Lipinski definition) is 8. The van der Waals surface area contributed by atoms with Crippen LogP contribution in [0.1, 0.15) is 57.7 Å². The number of ether oxygens (including phenoxy) is 2. The lowest BCUT2D eigenvalue weighted by molar-refractivity contribution is -0.933. The number of nitrogens with two attached hydrogens (primary N) is 2. The Hall–Kier alpha value is -3.60.